The number of aliphatic hydroxyl groups is 1. The highest BCUT2D eigenvalue weighted by molar-refractivity contribution is 14.0. The van der Waals surface area contributed by atoms with Gasteiger partial charge in [0.05, 0.1) is 13.2 Å². The fourth-order valence-electron chi connectivity index (χ4n) is 2.41. The molecule has 0 bridgehead atoms. The van der Waals surface area contributed by atoms with Crippen LogP contribution in [0.3, 0.4) is 0 Å². The number of nitrogens with zero attached hydrogens (tertiary/aromatic N) is 2. The third-order valence-electron chi connectivity index (χ3n) is 3.47. The van der Waals surface area contributed by atoms with Crippen LogP contribution in [0.25, 0.3) is 0 Å². The van der Waals surface area contributed by atoms with Gasteiger partial charge in [-0.15, -0.1) is 24.0 Å². The first-order valence-corrected chi connectivity index (χ1v) is 7.67. The minimum Gasteiger partial charge on any atom is -0.394 e. The van der Waals surface area contributed by atoms with Crippen molar-refractivity contribution >= 4 is 29.9 Å². The second-order valence-corrected chi connectivity index (χ2v) is 5.09. The SMILES string of the molecule is CCNC(=NCCO)NC1CCN(CCCOC)CC1.I. The van der Waals surface area contributed by atoms with Crippen molar-refractivity contribution in [2.45, 2.75) is 32.2 Å². The molecule has 3 N–H and O–H groups in total. The van der Waals surface area contributed by atoms with Crippen molar-refractivity contribution in [3.8, 4) is 0 Å². The Morgan fingerprint density at radius 2 is 2.10 bits per heavy atom. The van der Waals surface area contributed by atoms with E-state index < -0.39 is 0 Å². The number of hydrogen-bond donors (Lipinski definition) is 3. The monoisotopic (exact) mass is 414 g/mol. The van der Waals surface area contributed by atoms with Gasteiger partial charge in [0.2, 0.25) is 0 Å². The maximum absolute atomic E-state index is 8.85. The molecule has 1 saturated heterocycles. The molecule has 6 nitrogen and oxygen atoms in total. The molecule has 0 spiro atoms. The van der Waals surface area contributed by atoms with E-state index in [0.29, 0.717) is 12.6 Å². The van der Waals surface area contributed by atoms with Crippen molar-refractivity contribution in [2.75, 3.05) is 53.0 Å². The Kier molecular flexibility index (Phi) is 13.5. The Morgan fingerprint density at radius 1 is 1.38 bits per heavy atom. The van der Waals surface area contributed by atoms with Gasteiger partial charge in [-0.1, -0.05) is 0 Å². The fourth-order valence-corrected chi connectivity index (χ4v) is 2.41. The second kappa shape index (κ2) is 13.5. The smallest absolute Gasteiger partial charge is 0.191 e. The lowest BCUT2D eigenvalue weighted by Crippen LogP contribution is -2.49. The Labute approximate surface area is 145 Å². The van der Waals surface area contributed by atoms with Crippen molar-refractivity contribution in [3.63, 3.8) is 0 Å². The molecule has 7 heteroatoms. The number of likely N-dealkylation sites (tertiary alicyclic amines) is 1. The summed E-state index contributed by atoms with van der Waals surface area (Å²) in [6, 6.07) is 0.477. The van der Waals surface area contributed by atoms with E-state index in [1.807, 2.05) is 0 Å². The summed E-state index contributed by atoms with van der Waals surface area (Å²) in [6.07, 6.45) is 3.38. The van der Waals surface area contributed by atoms with Gasteiger partial charge in [-0.25, -0.2) is 0 Å². The number of rotatable bonds is 8. The number of halogens is 1. The molecule has 0 aromatic heterocycles. The van der Waals surface area contributed by atoms with Crippen LogP contribution in [0.4, 0.5) is 0 Å². The average molecular weight is 414 g/mol. The zero-order chi connectivity index (χ0) is 14.6. The van der Waals surface area contributed by atoms with Gasteiger partial charge in [0.25, 0.3) is 0 Å². The number of ether oxygens (including phenoxy) is 1. The number of methoxy groups -OCH3 is 1. The molecular formula is C14H31IN4O2. The summed E-state index contributed by atoms with van der Waals surface area (Å²) in [7, 11) is 1.75. The first-order valence-electron chi connectivity index (χ1n) is 7.67. The first-order chi connectivity index (χ1) is 9.80. The molecule has 1 aliphatic rings. The highest BCUT2D eigenvalue weighted by atomic mass is 127. The quantitative estimate of drug-likeness (QED) is 0.236. The van der Waals surface area contributed by atoms with Gasteiger partial charge in [0.1, 0.15) is 0 Å². The highest BCUT2D eigenvalue weighted by Crippen LogP contribution is 2.10. The van der Waals surface area contributed by atoms with Gasteiger partial charge in [-0.05, 0) is 26.2 Å². The lowest BCUT2D eigenvalue weighted by atomic mass is 10.1. The molecule has 0 amide bonds. The molecule has 1 fully saturated rings. The number of aliphatic hydroxyl groups excluding tert-OH is 1. The summed E-state index contributed by atoms with van der Waals surface area (Å²) in [4.78, 5) is 6.82. The van der Waals surface area contributed by atoms with Gasteiger partial charge in [0, 0.05) is 45.9 Å². The third kappa shape index (κ3) is 9.49. The fraction of sp³-hybridized carbons (Fsp3) is 0.929. The molecule has 0 radical (unpaired) electrons. The van der Waals surface area contributed by atoms with Crippen LogP contribution in [-0.4, -0.2) is 75.1 Å². The summed E-state index contributed by atoms with van der Waals surface area (Å²) >= 11 is 0. The van der Waals surface area contributed by atoms with E-state index in [0.717, 1.165) is 58.0 Å². The van der Waals surface area contributed by atoms with E-state index in [4.69, 9.17) is 9.84 Å². The minimum atomic E-state index is 0. The van der Waals surface area contributed by atoms with Gasteiger partial charge in [-0.3, -0.25) is 4.99 Å². The number of piperidine rings is 1. The lowest BCUT2D eigenvalue weighted by Gasteiger charge is -2.33. The van der Waals surface area contributed by atoms with Gasteiger partial charge in [-0.2, -0.15) is 0 Å². The standard InChI is InChI=1S/C14H30N4O2.HI/c1-3-15-14(16-7-11-19)17-13-5-9-18(10-6-13)8-4-12-20-2;/h13,19H,3-12H2,1-2H3,(H2,15,16,17);1H. The molecule has 1 rings (SSSR count). The predicted molar refractivity (Wildman–Crippen MR) is 97.6 cm³/mol. The zero-order valence-electron chi connectivity index (χ0n) is 13.3. The topological polar surface area (TPSA) is 69.1 Å². The van der Waals surface area contributed by atoms with Crippen LogP contribution in [0.5, 0.6) is 0 Å². The Bertz CT molecular complexity index is 272. The van der Waals surface area contributed by atoms with E-state index in [2.05, 4.69) is 27.4 Å². The molecule has 126 valence electrons. The summed E-state index contributed by atoms with van der Waals surface area (Å²) < 4.78 is 5.09. The van der Waals surface area contributed by atoms with Crippen LogP contribution in [0.1, 0.15) is 26.2 Å². The molecule has 0 unspecified atom stereocenters. The van der Waals surface area contributed by atoms with Crippen LogP contribution < -0.4 is 10.6 Å². The van der Waals surface area contributed by atoms with Crippen molar-refractivity contribution in [1.29, 1.82) is 0 Å². The van der Waals surface area contributed by atoms with Gasteiger partial charge < -0.3 is 25.4 Å². The van der Waals surface area contributed by atoms with Gasteiger partial charge in [0.15, 0.2) is 5.96 Å². The lowest BCUT2D eigenvalue weighted by molar-refractivity contribution is 0.155. The molecule has 0 saturated carbocycles. The van der Waals surface area contributed by atoms with Crippen LogP contribution in [0.2, 0.25) is 0 Å². The van der Waals surface area contributed by atoms with E-state index in [1.165, 1.54) is 0 Å². The summed E-state index contributed by atoms with van der Waals surface area (Å²) in [5.41, 5.74) is 0. The molecule has 0 atom stereocenters. The summed E-state index contributed by atoms with van der Waals surface area (Å²) in [5, 5.41) is 15.5. The van der Waals surface area contributed by atoms with E-state index in [9.17, 15) is 0 Å². The maximum Gasteiger partial charge on any atom is 0.191 e. The molecule has 0 aliphatic carbocycles. The third-order valence-corrected chi connectivity index (χ3v) is 3.47. The van der Waals surface area contributed by atoms with Crippen molar-refractivity contribution < 1.29 is 9.84 Å². The van der Waals surface area contributed by atoms with Crippen LogP contribution in [0.15, 0.2) is 4.99 Å². The second-order valence-electron chi connectivity index (χ2n) is 5.09. The number of nitrogens with one attached hydrogen (secondary N) is 2. The minimum absolute atomic E-state index is 0. The summed E-state index contributed by atoms with van der Waals surface area (Å²) in [5.74, 6) is 0.819. The normalized spacial score (nSPS) is 17.4. The van der Waals surface area contributed by atoms with Crippen LogP contribution >= 0.6 is 24.0 Å². The maximum atomic E-state index is 8.85. The summed E-state index contributed by atoms with van der Waals surface area (Å²) in [6.45, 7) is 7.65. The van der Waals surface area contributed by atoms with Crippen LogP contribution in [-0.2, 0) is 4.74 Å². The largest absolute Gasteiger partial charge is 0.394 e. The number of aliphatic imine (C=N–C) groups is 1. The molecule has 21 heavy (non-hydrogen) atoms. The predicted octanol–water partition coefficient (Wildman–Crippen LogP) is 0.653. The molecule has 0 aromatic carbocycles. The Morgan fingerprint density at radius 3 is 2.67 bits per heavy atom. The highest BCUT2D eigenvalue weighted by Gasteiger charge is 2.19. The van der Waals surface area contributed by atoms with E-state index >= 15 is 0 Å². The Hall–Kier alpha value is -0.120. The number of guanidine groups is 1. The van der Waals surface area contributed by atoms with Crippen LogP contribution in [0, 0.1) is 0 Å². The van der Waals surface area contributed by atoms with Gasteiger partial charge >= 0.3 is 0 Å². The number of hydrogen-bond acceptors (Lipinski definition) is 4. The molecule has 0 aromatic rings. The first kappa shape index (κ1) is 20.9. The molecule has 1 aliphatic heterocycles. The van der Waals surface area contributed by atoms with Crippen molar-refractivity contribution in [3.05, 3.63) is 0 Å². The zero-order valence-corrected chi connectivity index (χ0v) is 15.6. The van der Waals surface area contributed by atoms with Crippen molar-refractivity contribution in [2.24, 2.45) is 4.99 Å². The average Bonchev–Trinajstić information content (AvgIpc) is 2.47. The van der Waals surface area contributed by atoms with E-state index in [-0.39, 0.29) is 30.6 Å². The Balaban J connectivity index is 0.00000400. The molecule has 1 heterocycles. The molecular weight excluding hydrogens is 383 g/mol. The van der Waals surface area contributed by atoms with Crippen molar-refractivity contribution in [1.82, 2.24) is 15.5 Å². The van der Waals surface area contributed by atoms with E-state index in [1.54, 1.807) is 7.11 Å².